The molecule has 176 valence electrons. The number of fused-ring (bicyclic) bond motifs is 3. The first-order valence-electron chi connectivity index (χ1n) is 11.7. The smallest absolute Gasteiger partial charge is 0.331 e. The van der Waals surface area contributed by atoms with Gasteiger partial charge in [0.25, 0.3) is 0 Å². The van der Waals surface area contributed by atoms with Gasteiger partial charge < -0.3 is 9.40 Å². The Morgan fingerprint density at radius 3 is 2.26 bits per heavy atom. The topological polar surface area (TPSA) is 60.7 Å². The number of oxime groups is 1. The molecule has 0 saturated carbocycles. The van der Waals surface area contributed by atoms with E-state index in [2.05, 4.69) is 40.6 Å². The van der Waals surface area contributed by atoms with Crippen molar-refractivity contribution < 1.29 is 14.4 Å². The molecule has 5 nitrogen and oxygen atoms in total. The molecule has 0 spiro atoms. The summed E-state index contributed by atoms with van der Waals surface area (Å²) in [6.45, 7) is 7.98. The Bertz CT molecular complexity index is 1530. The number of rotatable bonds is 7. The van der Waals surface area contributed by atoms with E-state index in [-0.39, 0.29) is 5.78 Å². The Labute approximate surface area is 205 Å². The number of aryl methyl sites for hydroxylation is 2. The molecule has 0 saturated heterocycles. The van der Waals surface area contributed by atoms with Gasteiger partial charge in [-0.25, -0.2) is 4.79 Å². The van der Waals surface area contributed by atoms with Crippen LogP contribution in [0, 0.1) is 18.8 Å². The lowest BCUT2D eigenvalue weighted by atomic mass is 9.97. The number of aromatic nitrogens is 1. The number of hydrogen-bond acceptors (Lipinski definition) is 4. The number of hydrogen-bond donors (Lipinski definition) is 0. The van der Waals surface area contributed by atoms with Crippen molar-refractivity contribution in [2.24, 2.45) is 5.16 Å². The third-order valence-electron chi connectivity index (χ3n) is 6.11. The molecule has 0 radical (unpaired) electrons. The van der Waals surface area contributed by atoms with Crippen LogP contribution >= 0.6 is 0 Å². The van der Waals surface area contributed by atoms with Crippen LogP contribution in [0.2, 0.25) is 0 Å². The lowest BCUT2D eigenvalue weighted by Gasteiger charge is -2.06. The monoisotopic (exact) mass is 464 g/mol. The van der Waals surface area contributed by atoms with Crippen LogP contribution in [0.25, 0.3) is 21.8 Å². The molecule has 5 heteroatoms. The first kappa shape index (κ1) is 24.0. The second-order valence-electron chi connectivity index (χ2n) is 8.40. The molecule has 0 bridgehead atoms. The molecule has 0 atom stereocenters. The third-order valence-corrected chi connectivity index (χ3v) is 6.11. The minimum Gasteiger partial charge on any atom is -0.341 e. The van der Waals surface area contributed by atoms with E-state index in [0.29, 0.717) is 29.7 Å². The number of carbonyl (C=O) groups is 2. The van der Waals surface area contributed by atoms with Gasteiger partial charge in [0, 0.05) is 64.8 Å². The molecular weight excluding hydrogens is 436 g/mol. The van der Waals surface area contributed by atoms with Gasteiger partial charge in [-0.3, -0.25) is 4.79 Å². The fourth-order valence-electron chi connectivity index (χ4n) is 4.42. The first-order chi connectivity index (χ1) is 16.9. The van der Waals surface area contributed by atoms with Gasteiger partial charge in [0.2, 0.25) is 0 Å². The molecular formula is C30H28N2O3. The number of nitrogens with zero attached hydrogens (tertiary/aromatic N) is 2. The van der Waals surface area contributed by atoms with E-state index in [1.807, 2.05) is 55.5 Å². The fourth-order valence-corrected chi connectivity index (χ4v) is 4.42. The second kappa shape index (κ2) is 10.4. The van der Waals surface area contributed by atoms with E-state index in [4.69, 9.17) is 4.84 Å². The molecule has 35 heavy (non-hydrogen) atoms. The molecule has 4 aromatic rings. The van der Waals surface area contributed by atoms with E-state index in [1.54, 1.807) is 6.92 Å². The summed E-state index contributed by atoms with van der Waals surface area (Å²) >= 11 is 0. The minimum absolute atomic E-state index is 0.00815. The van der Waals surface area contributed by atoms with Crippen LogP contribution in [0.1, 0.15) is 60.7 Å². The van der Waals surface area contributed by atoms with Gasteiger partial charge in [-0.05, 0) is 56.7 Å². The van der Waals surface area contributed by atoms with Crippen LogP contribution in [0.4, 0.5) is 0 Å². The summed E-state index contributed by atoms with van der Waals surface area (Å²) in [4.78, 5) is 29.7. The Hall–Kier alpha value is -4.17. The summed E-state index contributed by atoms with van der Waals surface area (Å²) < 4.78 is 2.24. The highest BCUT2D eigenvalue weighted by Gasteiger charge is 2.17. The molecule has 3 aromatic carbocycles. The van der Waals surface area contributed by atoms with E-state index in [0.717, 1.165) is 39.5 Å². The predicted octanol–water partition coefficient (Wildman–Crippen LogP) is 6.42. The molecule has 1 heterocycles. The van der Waals surface area contributed by atoms with Gasteiger partial charge >= 0.3 is 5.97 Å². The summed E-state index contributed by atoms with van der Waals surface area (Å²) in [5.41, 5.74) is 5.98. The van der Waals surface area contributed by atoms with Crippen LogP contribution in [0.5, 0.6) is 0 Å². The molecule has 0 aliphatic heterocycles. The second-order valence-corrected chi connectivity index (χ2v) is 8.40. The van der Waals surface area contributed by atoms with Crippen LogP contribution in [0.3, 0.4) is 0 Å². The van der Waals surface area contributed by atoms with Gasteiger partial charge in [0.15, 0.2) is 5.78 Å². The normalized spacial score (nSPS) is 11.4. The Morgan fingerprint density at radius 2 is 1.63 bits per heavy atom. The zero-order valence-electron chi connectivity index (χ0n) is 20.5. The third kappa shape index (κ3) is 4.88. The summed E-state index contributed by atoms with van der Waals surface area (Å²) in [5.74, 6) is 5.48. The predicted molar refractivity (Wildman–Crippen MR) is 141 cm³/mol. The Kier molecular flexibility index (Phi) is 7.12. The van der Waals surface area contributed by atoms with Crippen molar-refractivity contribution >= 4 is 39.3 Å². The van der Waals surface area contributed by atoms with Crippen LogP contribution in [-0.2, 0) is 16.2 Å². The first-order valence-corrected chi connectivity index (χ1v) is 11.7. The zero-order chi connectivity index (χ0) is 24.9. The minimum atomic E-state index is -0.466. The SMILES string of the molecule is CC#CCCC(=NOC(C)=O)c1ccc2c(c1)c1cc(C(=O)c3ccccc3C)ccc1n2CC. The number of benzene rings is 3. The molecule has 0 aliphatic rings. The van der Waals surface area contributed by atoms with Crippen molar-refractivity contribution in [2.45, 2.75) is 47.1 Å². The summed E-state index contributed by atoms with van der Waals surface area (Å²) in [6.07, 6.45) is 1.17. The highest BCUT2D eigenvalue weighted by Crippen LogP contribution is 2.32. The average molecular weight is 465 g/mol. The van der Waals surface area contributed by atoms with Gasteiger partial charge in [-0.2, -0.15) is 0 Å². The van der Waals surface area contributed by atoms with E-state index >= 15 is 0 Å². The lowest BCUT2D eigenvalue weighted by Crippen LogP contribution is -2.04. The highest BCUT2D eigenvalue weighted by atomic mass is 16.7. The van der Waals surface area contributed by atoms with Crippen molar-refractivity contribution in [3.05, 3.63) is 82.9 Å². The van der Waals surface area contributed by atoms with Crippen molar-refractivity contribution in [1.82, 2.24) is 4.57 Å². The molecule has 0 aliphatic carbocycles. The van der Waals surface area contributed by atoms with E-state index < -0.39 is 5.97 Å². The van der Waals surface area contributed by atoms with Crippen molar-refractivity contribution in [3.63, 3.8) is 0 Å². The lowest BCUT2D eigenvalue weighted by molar-refractivity contribution is -0.140. The summed E-state index contributed by atoms with van der Waals surface area (Å²) in [5, 5.41) is 6.14. The van der Waals surface area contributed by atoms with Crippen LogP contribution in [-0.4, -0.2) is 22.0 Å². The largest absolute Gasteiger partial charge is 0.341 e. The fraction of sp³-hybridized carbons (Fsp3) is 0.233. The van der Waals surface area contributed by atoms with Crippen LogP contribution < -0.4 is 0 Å². The molecule has 4 rings (SSSR count). The molecule has 0 unspecified atom stereocenters. The summed E-state index contributed by atoms with van der Waals surface area (Å²) in [7, 11) is 0. The van der Waals surface area contributed by atoms with Crippen molar-refractivity contribution in [2.75, 3.05) is 0 Å². The highest BCUT2D eigenvalue weighted by molar-refractivity contribution is 6.16. The molecule has 0 fully saturated rings. The average Bonchev–Trinajstić information content (AvgIpc) is 3.18. The standard InChI is InChI=1S/C30H28N2O3/c1-5-7-8-13-27(31-35-21(4)33)22-14-16-28-25(18-22)26-19-23(15-17-29(26)32(28)6-2)30(34)24-12-10-9-11-20(24)3/h9-12,14-19H,6,8,13H2,1-4H3. The van der Waals surface area contributed by atoms with Gasteiger partial charge in [-0.1, -0.05) is 35.5 Å². The zero-order valence-corrected chi connectivity index (χ0v) is 20.5. The maximum Gasteiger partial charge on any atom is 0.331 e. The van der Waals surface area contributed by atoms with Gasteiger partial charge in [0.1, 0.15) is 0 Å². The molecule has 0 amide bonds. The Morgan fingerprint density at radius 1 is 0.971 bits per heavy atom. The van der Waals surface area contributed by atoms with E-state index in [1.165, 1.54) is 6.92 Å². The Balaban J connectivity index is 1.87. The number of ketones is 1. The van der Waals surface area contributed by atoms with Gasteiger partial charge in [-0.15, -0.1) is 11.8 Å². The summed E-state index contributed by atoms with van der Waals surface area (Å²) in [6, 6.07) is 19.7. The molecule has 1 aromatic heterocycles. The number of carbonyl (C=O) groups excluding carboxylic acids is 2. The van der Waals surface area contributed by atoms with Crippen LogP contribution in [0.15, 0.2) is 65.8 Å². The quantitative estimate of drug-likeness (QED) is 0.104. The van der Waals surface area contributed by atoms with Crippen molar-refractivity contribution in [3.8, 4) is 11.8 Å². The van der Waals surface area contributed by atoms with Crippen molar-refractivity contribution in [1.29, 1.82) is 0 Å². The van der Waals surface area contributed by atoms with Gasteiger partial charge in [0.05, 0.1) is 5.71 Å². The maximum absolute atomic E-state index is 13.3. The van der Waals surface area contributed by atoms with E-state index in [9.17, 15) is 9.59 Å². The molecule has 0 N–H and O–H groups in total. The maximum atomic E-state index is 13.3.